The van der Waals surface area contributed by atoms with Crippen molar-refractivity contribution in [2.75, 3.05) is 0 Å². The molecule has 1 N–H and O–H groups in total. The molecule has 1 amide bonds. The Bertz CT molecular complexity index is 488. The van der Waals surface area contributed by atoms with Crippen LogP contribution in [0.3, 0.4) is 0 Å². The van der Waals surface area contributed by atoms with E-state index in [1.807, 2.05) is 24.3 Å². The van der Waals surface area contributed by atoms with Gasteiger partial charge in [0.2, 0.25) is 0 Å². The van der Waals surface area contributed by atoms with Gasteiger partial charge >= 0.3 is 0 Å². The summed E-state index contributed by atoms with van der Waals surface area (Å²) in [6.07, 6.45) is 4.64. The van der Waals surface area contributed by atoms with Crippen LogP contribution < -0.4 is 5.43 Å². The highest BCUT2D eigenvalue weighted by molar-refractivity contribution is 5.95. The monoisotopic (exact) mass is 272 g/mol. The first-order valence-corrected chi connectivity index (χ1v) is 7.54. The van der Waals surface area contributed by atoms with Crippen molar-refractivity contribution in [2.24, 2.45) is 11.0 Å². The van der Waals surface area contributed by atoms with Crippen LogP contribution in [0.15, 0.2) is 29.4 Å². The fourth-order valence-electron chi connectivity index (χ4n) is 2.54. The number of nitrogens with one attached hydrogen (secondary N) is 1. The average Bonchev–Trinajstić information content (AvgIpc) is 2.46. The van der Waals surface area contributed by atoms with Crippen molar-refractivity contribution in [3.8, 4) is 0 Å². The van der Waals surface area contributed by atoms with Gasteiger partial charge in [-0.3, -0.25) is 4.79 Å². The molecule has 1 aromatic carbocycles. The van der Waals surface area contributed by atoms with Crippen LogP contribution in [0.4, 0.5) is 0 Å². The average molecular weight is 272 g/mol. The van der Waals surface area contributed by atoms with Crippen LogP contribution in [0.2, 0.25) is 0 Å². The molecule has 0 aromatic heterocycles. The number of hydrogen-bond donors (Lipinski definition) is 1. The highest BCUT2D eigenvalue weighted by Crippen LogP contribution is 2.20. The minimum atomic E-state index is -0.120. The largest absolute Gasteiger partial charge is 0.271 e. The van der Waals surface area contributed by atoms with Crippen molar-refractivity contribution in [3.63, 3.8) is 0 Å². The minimum Gasteiger partial charge on any atom is -0.267 e. The molecule has 2 rings (SSSR count). The van der Waals surface area contributed by atoms with Gasteiger partial charge in [0.1, 0.15) is 0 Å². The molecule has 0 spiro atoms. The van der Waals surface area contributed by atoms with E-state index < -0.39 is 0 Å². The maximum absolute atomic E-state index is 12.1. The van der Waals surface area contributed by atoms with Gasteiger partial charge in [0, 0.05) is 11.3 Å². The lowest BCUT2D eigenvalue weighted by Crippen LogP contribution is -2.24. The Morgan fingerprint density at radius 2 is 1.95 bits per heavy atom. The van der Waals surface area contributed by atoms with Gasteiger partial charge in [-0.25, -0.2) is 5.43 Å². The van der Waals surface area contributed by atoms with E-state index in [0.29, 0.717) is 17.4 Å². The Balaban J connectivity index is 1.99. The van der Waals surface area contributed by atoms with Crippen molar-refractivity contribution < 1.29 is 4.79 Å². The van der Waals surface area contributed by atoms with Crippen LogP contribution in [0, 0.1) is 5.92 Å². The highest BCUT2D eigenvalue weighted by Gasteiger charge is 2.16. The maximum Gasteiger partial charge on any atom is 0.271 e. The Kier molecular flexibility index (Phi) is 4.94. The van der Waals surface area contributed by atoms with E-state index in [1.54, 1.807) is 0 Å². The molecule has 1 fully saturated rings. The van der Waals surface area contributed by atoms with E-state index >= 15 is 0 Å². The number of hydrazone groups is 1. The summed E-state index contributed by atoms with van der Waals surface area (Å²) in [5.41, 5.74) is 5.74. The first-order chi connectivity index (χ1) is 9.58. The molecule has 108 valence electrons. The molecule has 0 aliphatic heterocycles. The first-order valence-electron chi connectivity index (χ1n) is 7.54. The van der Waals surface area contributed by atoms with Crippen LogP contribution in [0.1, 0.15) is 68.3 Å². The second-order valence-corrected chi connectivity index (χ2v) is 5.97. The number of rotatable bonds is 3. The lowest BCUT2D eigenvalue weighted by atomic mass is 9.89. The van der Waals surface area contributed by atoms with E-state index in [4.69, 9.17) is 0 Å². The normalized spacial score (nSPS) is 21.2. The van der Waals surface area contributed by atoms with E-state index in [9.17, 15) is 4.79 Å². The highest BCUT2D eigenvalue weighted by atomic mass is 16.2. The van der Waals surface area contributed by atoms with Gasteiger partial charge in [-0.05, 0) is 48.8 Å². The topological polar surface area (TPSA) is 41.5 Å². The molecule has 0 saturated heterocycles. The number of carbonyl (C=O) groups is 1. The van der Waals surface area contributed by atoms with Gasteiger partial charge in [-0.15, -0.1) is 0 Å². The number of nitrogens with zero attached hydrogens (tertiary/aromatic N) is 1. The molecule has 1 aliphatic carbocycles. The van der Waals surface area contributed by atoms with E-state index in [-0.39, 0.29) is 5.91 Å². The second kappa shape index (κ2) is 6.69. The van der Waals surface area contributed by atoms with Crippen LogP contribution in [0.25, 0.3) is 0 Å². The van der Waals surface area contributed by atoms with Crippen molar-refractivity contribution in [1.29, 1.82) is 0 Å². The molecule has 3 nitrogen and oxygen atoms in total. The molecule has 0 heterocycles. The molecule has 0 radical (unpaired) electrons. The Labute approximate surface area is 121 Å². The molecular formula is C17H24N2O. The molecule has 1 atom stereocenters. The third kappa shape index (κ3) is 3.69. The van der Waals surface area contributed by atoms with E-state index in [2.05, 4.69) is 31.3 Å². The Hall–Kier alpha value is -1.64. The number of amides is 1. The molecule has 3 heteroatoms. The van der Waals surface area contributed by atoms with Crippen LogP contribution >= 0.6 is 0 Å². The van der Waals surface area contributed by atoms with E-state index in [0.717, 1.165) is 12.1 Å². The molecule has 20 heavy (non-hydrogen) atoms. The Morgan fingerprint density at radius 3 is 2.55 bits per heavy atom. The molecular weight excluding hydrogens is 248 g/mol. The summed E-state index contributed by atoms with van der Waals surface area (Å²) in [7, 11) is 0. The number of hydrogen-bond acceptors (Lipinski definition) is 2. The summed E-state index contributed by atoms with van der Waals surface area (Å²) in [4.78, 5) is 12.1. The fourth-order valence-corrected chi connectivity index (χ4v) is 2.54. The van der Waals surface area contributed by atoms with E-state index in [1.165, 1.54) is 24.8 Å². The van der Waals surface area contributed by atoms with Crippen molar-refractivity contribution >= 4 is 11.6 Å². The molecule has 1 aromatic rings. The fraction of sp³-hybridized carbons (Fsp3) is 0.529. The smallest absolute Gasteiger partial charge is 0.267 e. The van der Waals surface area contributed by atoms with Gasteiger partial charge < -0.3 is 0 Å². The summed E-state index contributed by atoms with van der Waals surface area (Å²) in [5.74, 6) is 0.855. The summed E-state index contributed by atoms with van der Waals surface area (Å²) in [6, 6.07) is 7.76. The van der Waals surface area contributed by atoms with Gasteiger partial charge in [-0.1, -0.05) is 39.3 Å². The Morgan fingerprint density at radius 1 is 1.25 bits per heavy atom. The molecule has 1 aliphatic rings. The third-order valence-corrected chi connectivity index (χ3v) is 4.03. The SMILES string of the molecule is CC1CCCCC1=NNC(=O)c1ccc(C(C)C)cc1. The van der Waals surface area contributed by atoms with Gasteiger partial charge in [0.25, 0.3) is 5.91 Å². The van der Waals surface area contributed by atoms with Gasteiger partial charge in [0.05, 0.1) is 0 Å². The molecule has 1 saturated carbocycles. The zero-order valence-electron chi connectivity index (χ0n) is 12.6. The van der Waals surface area contributed by atoms with Crippen LogP contribution in [-0.4, -0.2) is 11.6 Å². The lowest BCUT2D eigenvalue weighted by Gasteiger charge is -2.19. The van der Waals surface area contributed by atoms with Crippen LogP contribution in [0.5, 0.6) is 0 Å². The predicted octanol–water partition coefficient (Wildman–Crippen LogP) is 4.11. The zero-order valence-corrected chi connectivity index (χ0v) is 12.6. The summed E-state index contributed by atoms with van der Waals surface area (Å²) in [6.45, 7) is 6.47. The zero-order chi connectivity index (χ0) is 14.5. The van der Waals surface area contributed by atoms with Crippen molar-refractivity contribution in [2.45, 2.75) is 52.4 Å². The van der Waals surface area contributed by atoms with Gasteiger partial charge in [-0.2, -0.15) is 5.10 Å². The summed E-state index contributed by atoms with van der Waals surface area (Å²) < 4.78 is 0. The number of carbonyl (C=O) groups excluding carboxylic acids is 1. The molecule has 1 unspecified atom stereocenters. The van der Waals surface area contributed by atoms with Gasteiger partial charge in [0.15, 0.2) is 0 Å². The summed E-state index contributed by atoms with van der Waals surface area (Å²) >= 11 is 0. The first kappa shape index (κ1) is 14.8. The lowest BCUT2D eigenvalue weighted by molar-refractivity contribution is 0.0954. The summed E-state index contributed by atoms with van der Waals surface area (Å²) in [5, 5.41) is 4.32. The third-order valence-electron chi connectivity index (χ3n) is 4.03. The number of benzene rings is 1. The standard InChI is InChI=1S/C17H24N2O/c1-12(2)14-8-10-15(11-9-14)17(20)19-18-16-7-5-4-6-13(16)3/h8-13H,4-7H2,1-3H3,(H,19,20). The quantitative estimate of drug-likeness (QED) is 0.827. The van der Waals surface area contributed by atoms with Crippen LogP contribution in [-0.2, 0) is 0 Å². The maximum atomic E-state index is 12.1. The van der Waals surface area contributed by atoms with Crippen molar-refractivity contribution in [3.05, 3.63) is 35.4 Å². The molecule has 0 bridgehead atoms. The predicted molar refractivity (Wildman–Crippen MR) is 83.1 cm³/mol. The minimum absolute atomic E-state index is 0.120. The van der Waals surface area contributed by atoms with Crippen molar-refractivity contribution in [1.82, 2.24) is 5.43 Å². The second-order valence-electron chi connectivity index (χ2n) is 5.97.